The number of aromatic nitrogens is 3. The van der Waals surface area contributed by atoms with Gasteiger partial charge in [-0.15, -0.1) is 0 Å². The van der Waals surface area contributed by atoms with Gasteiger partial charge < -0.3 is 5.32 Å². The van der Waals surface area contributed by atoms with Crippen molar-refractivity contribution in [2.45, 2.75) is 33.7 Å². The molecule has 94 valence electrons. The summed E-state index contributed by atoms with van der Waals surface area (Å²) in [7, 11) is 0. The number of aryl methyl sites for hydroxylation is 3. The Morgan fingerprint density at radius 3 is 2.39 bits per heavy atom. The predicted molar refractivity (Wildman–Crippen MR) is 72.5 cm³/mol. The number of hydrogen-bond acceptors (Lipinski definition) is 4. The van der Waals surface area contributed by atoms with Gasteiger partial charge in [-0.25, -0.2) is 9.97 Å². The number of anilines is 1. The van der Waals surface area contributed by atoms with Crippen LogP contribution in [0.25, 0.3) is 0 Å². The van der Waals surface area contributed by atoms with Crippen LogP contribution in [0.2, 0.25) is 0 Å². The highest BCUT2D eigenvalue weighted by molar-refractivity contribution is 5.43. The van der Waals surface area contributed by atoms with Crippen LogP contribution in [0.4, 0.5) is 5.69 Å². The van der Waals surface area contributed by atoms with E-state index in [2.05, 4.69) is 47.1 Å². The van der Waals surface area contributed by atoms with E-state index in [0.29, 0.717) is 0 Å². The molecule has 1 unspecified atom stereocenters. The SMILES string of the molecule is Cc1cc(C)c(C(C)Nc2cncnc2)c(C)n1. The van der Waals surface area contributed by atoms with Crippen LogP contribution in [0.1, 0.15) is 35.5 Å². The molecule has 0 aliphatic heterocycles. The van der Waals surface area contributed by atoms with Crippen molar-refractivity contribution in [3.63, 3.8) is 0 Å². The summed E-state index contributed by atoms with van der Waals surface area (Å²) in [5.41, 5.74) is 5.55. The molecule has 2 rings (SSSR count). The maximum absolute atomic E-state index is 4.53. The Hall–Kier alpha value is -1.97. The van der Waals surface area contributed by atoms with Crippen molar-refractivity contribution < 1.29 is 0 Å². The fourth-order valence-electron chi connectivity index (χ4n) is 2.38. The third-order valence-electron chi connectivity index (χ3n) is 2.96. The van der Waals surface area contributed by atoms with Gasteiger partial charge in [-0.05, 0) is 44.9 Å². The Labute approximate surface area is 108 Å². The molecule has 1 atom stereocenters. The van der Waals surface area contributed by atoms with Gasteiger partial charge in [-0.3, -0.25) is 4.98 Å². The fourth-order valence-corrected chi connectivity index (χ4v) is 2.38. The number of nitrogens with zero attached hydrogens (tertiary/aromatic N) is 3. The molecule has 2 aromatic heterocycles. The Kier molecular flexibility index (Phi) is 3.55. The zero-order chi connectivity index (χ0) is 13.1. The van der Waals surface area contributed by atoms with Crippen LogP contribution in [-0.4, -0.2) is 15.0 Å². The number of pyridine rings is 1. The quantitative estimate of drug-likeness (QED) is 0.899. The van der Waals surface area contributed by atoms with E-state index in [0.717, 1.165) is 17.1 Å². The minimum atomic E-state index is 0.184. The van der Waals surface area contributed by atoms with Gasteiger partial charge in [0.05, 0.1) is 24.1 Å². The van der Waals surface area contributed by atoms with Crippen LogP contribution in [0.15, 0.2) is 24.8 Å². The number of rotatable bonds is 3. The summed E-state index contributed by atoms with van der Waals surface area (Å²) >= 11 is 0. The topological polar surface area (TPSA) is 50.7 Å². The fraction of sp³-hybridized carbons (Fsp3) is 0.357. The monoisotopic (exact) mass is 242 g/mol. The Bertz CT molecular complexity index is 514. The third kappa shape index (κ3) is 2.64. The molecule has 0 saturated heterocycles. The van der Waals surface area contributed by atoms with Gasteiger partial charge in [0.2, 0.25) is 0 Å². The van der Waals surface area contributed by atoms with Crippen molar-refractivity contribution in [1.82, 2.24) is 15.0 Å². The zero-order valence-electron chi connectivity index (χ0n) is 11.2. The second-order valence-corrected chi connectivity index (χ2v) is 4.57. The summed E-state index contributed by atoms with van der Waals surface area (Å²) in [4.78, 5) is 12.5. The Balaban J connectivity index is 2.27. The lowest BCUT2D eigenvalue weighted by atomic mass is 10.0. The third-order valence-corrected chi connectivity index (χ3v) is 2.96. The van der Waals surface area contributed by atoms with Gasteiger partial charge >= 0.3 is 0 Å². The summed E-state index contributed by atoms with van der Waals surface area (Å²) in [6.45, 7) is 8.32. The molecule has 0 radical (unpaired) electrons. The average molecular weight is 242 g/mol. The normalized spacial score (nSPS) is 12.2. The minimum Gasteiger partial charge on any atom is -0.376 e. The smallest absolute Gasteiger partial charge is 0.115 e. The second kappa shape index (κ2) is 5.12. The van der Waals surface area contributed by atoms with Crippen molar-refractivity contribution in [2.24, 2.45) is 0 Å². The van der Waals surface area contributed by atoms with Crippen LogP contribution in [0.3, 0.4) is 0 Å². The molecule has 2 heterocycles. The van der Waals surface area contributed by atoms with Gasteiger partial charge in [0.25, 0.3) is 0 Å². The van der Waals surface area contributed by atoms with E-state index in [4.69, 9.17) is 0 Å². The molecule has 0 aromatic carbocycles. The minimum absolute atomic E-state index is 0.184. The molecule has 18 heavy (non-hydrogen) atoms. The molecule has 2 aromatic rings. The van der Waals surface area contributed by atoms with E-state index in [1.54, 1.807) is 12.4 Å². The molecule has 0 amide bonds. The van der Waals surface area contributed by atoms with E-state index in [1.165, 1.54) is 17.5 Å². The first-order valence-corrected chi connectivity index (χ1v) is 6.04. The maximum atomic E-state index is 4.53. The molecule has 0 fully saturated rings. The lowest BCUT2D eigenvalue weighted by Gasteiger charge is -2.19. The van der Waals surface area contributed by atoms with Crippen molar-refractivity contribution in [3.8, 4) is 0 Å². The Morgan fingerprint density at radius 2 is 1.78 bits per heavy atom. The first kappa shape index (κ1) is 12.5. The average Bonchev–Trinajstić information content (AvgIpc) is 2.28. The molecular weight excluding hydrogens is 224 g/mol. The highest BCUT2D eigenvalue weighted by Gasteiger charge is 2.13. The first-order chi connectivity index (χ1) is 8.58. The van der Waals surface area contributed by atoms with Gasteiger partial charge in [0.15, 0.2) is 0 Å². The number of hydrogen-bond donors (Lipinski definition) is 1. The van der Waals surface area contributed by atoms with E-state index < -0.39 is 0 Å². The highest BCUT2D eigenvalue weighted by atomic mass is 15.0. The van der Waals surface area contributed by atoms with Crippen molar-refractivity contribution >= 4 is 5.69 Å². The summed E-state index contributed by atoms with van der Waals surface area (Å²) in [5, 5.41) is 3.39. The van der Waals surface area contributed by atoms with Crippen LogP contribution in [-0.2, 0) is 0 Å². The first-order valence-electron chi connectivity index (χ1n) is 6.04. The zero-order valence-corrected chi connectivity index (χ0v) is 11.2. The highest BCUT2D eigenvalue weighted by Crippen LogP contribution is 2.24. The molecule has 0 saturated carbocycles. The van der Waals surface area contributed by atoms with Crippen LogP contribution in [0, 0.1) is 20.8 Å². The van der Waals surface area contributed by atoms with Crippen LogP contribution < -0.4 is 5.32 Å². The maximum Gasteiger partial charge on any atom is 0.115 e. The molecule has 0 aliphatic carbocycles. The van der Waals surface area contributed by atoms with Crippen molar-refractivity contribution in [3.05, 3.63) is 47.3 Å². The predicted octanol–water partition coefficient (Wildman–Crippen LogP) is 2.97. The molecule has 0 aliphatic rings. The van der Waals surface area contributed by atoms with E-state index in [-0.39, 0.29) is 6.04 Å². The molecule has 0 bridgehead atoms. The van der Waals surface area contributed by atoms with Gasteiger partial charge in [0, 0.05) is 11.4 Å². The van der Waals surface area contributed by atoms with E-state index in [9.17, 15) is 0 Å². The van der Waals surface area contributed by atoms with Crippen molar-refractivity contribution in [2.75, 3.05) is 5.32 Å². The molecule has 1 N–H and O–H groups in total. The summed E-state index contributed by atoms with van der Waals surface area (Å²) in [5.74, 6) is 0. The lowest BCUT2D eigenvalue weighted by molar-refractivity contribution is 0.840. The standard InChI is InChI=1S/C14H18N4/c1-9-5-10(2)17-11(3)14(9)12(4)18-13-6-15-8-16-7-13/h5-8,12,18H,1-4H3. The van der Waals surface area contributed by atoms with Gasteiger partial charge in [-0.2, -0.15) is 0 Å². The largest absolute Gasteiger partial charge is 0.376 e. The summed E-state index contributed by atoms with van der Waals surface area (Å²) < 4.78 is 0. The molecular formula is C14H18N4. The summed E-state index contributed by atoms with van der Waals surface area (Å²) in [6, 6.07) is 2.30. The van der Waals surface area contributed by atoms with Crippen LogP contribution >= 0.6 is 0 Å². The molecule has 0 spiro atoms. The summed E-state index contributed by atoms with van der Waals surface area (Å²) in [6.07, 6.45) is 5.07. The Morgan fingerprint density at radius 1 is 1.11 bits per heavy atom. The molecule has 4 heteroatoms. The van der Waals surface area contributed by atoms with E-state index >= 15 is 0 Å². The van der Waals surface area contributed by atoms with Gasteiger partial charge in [0.1, 0.15) is 6.33 Å². The van der Waals surface area contributed by atoms with Crippen molar-refractivity contribution in [1.29, 1.82) is 0 Å². The van der Waals surface area contributed by atoms with E-state index in [1.807, 2.05) is 6.92 Å². The second-order valence-electron chi connectivity index (χ2n) is 4.57. The van der Waals surface area contributed by atoms with Gasteiger partial charge in [-0.1, -0.05) is 0 Å². The number of nitrogens with one attached hydrogen (secondary N) is 1. The van der Waals surface area contributed by atoms with Crippen LogP contribution in [0.5, 0.6) is 0 Å². The molecule has 4 nitrogen and oxygen atoms in total. The lowest BCUT2D eigenvalue weighted by Crippen LogP contribution is -2.11.